The Labute approximate surface area is 180 Å². The zero-order valence-corrected chi connectivity index (χ0v) is 18.5. The fourth-order valence-corrected chi connectivity index (χ4v) is 3.84. The molecule has 27 heavy (non-hydrogen) atoms. The number of nitrogens with zero attached hydrogens (tertiary/aromatic N) is 2. The van der Waals surface area contributed by atoms with Gasteiger partial charge in [0.2, 0.25) is 0 Å². The summed E-state index contributed by atoms with van der Waals surface area (Å²) in [7, 11) is 1.73. The summed E-state index contributed by atoms with van der Waals surface area (Å²) in [6.45, 7) is 1.34. The lowest BCUT2D eigenvalue weighted by Gasteiger charge is -2.21. The van der Waals surface area contributed by atoms with Gasteiger partial charge in [-0.25, -0.2) is 0 Å². The molecule has 4 nitrogen and oxygen atoms in total. The van der Waals surface area contributed by atoms with Crippen molar-refractivity contribution in [1.82, 2.24) is 10.2 Å². The average Bonchev–Trinajstić information content (AvgIpc) is 3.08. The zero-order valence-electron chi connectivity index (χ0n) is 15.4. The number of aliphatic imine (C=N–C) groups is 1. The van der Waals surface area contributed by atoms with Crippen LogP contribution >= 0.6 is 35.7 Å². The first kappa shape index (κ1) is 24.4. The van der Waals surface area contributed by atoms with E-state index in [2.05, 4.69) is 32.1 Å². The third-order valence-electron chi connectivity index (χ3n) is 4.04. The van der Waals surface area contributed by atoms with Crippen LogP contribution < -0.4 is 5.32 Å². The quantitative estimate of drug-likeness (QED) is 0.184. The predicted molar refractivity (Wildman–Crippen MR) is 115 cm³/mol. The van der Waals surface area contributed by atoms with E-state index in [4.69, 9.17) is 0 Å². The monoisotopic (exact) mass is 517 g/mol. The second-order valence-corrected chi connectivity index (χ2v) is 7.31. The molecule has 154 valence electrons. The number of hydrogen-bond acceptors (Lipinski definition) is 3. The second-order valence-electron chi connectivity index (χ2n) is 6.22. The first-order chi connectivity index (χ1) is 12.5. The van der Waals surface area contributed by atoms with Crippen molar-refractivity contribution >= 4 is 41.7 Å². The SMILES string of the molecule is CN=C(NCCCOCC(F)(F)F)N1CCC(CSc2ccccc2)C1.I. The molecular formula is C18H27F3IN3OS. The number of hydrogen-bond donors (Lipinski definition) is 1. The minimum atomic E-state index is -4.26. The van der Waals surface area contributed by atoms with E-state index in [9.17, 15) is 13.2 Å². The van der Waals surface area contributed by atoms with E-state index < -0.39 is 12.8 Å². The molecule has 0 aliphatic carbocycles. The summed E-state index contributed by atoms with van der Waals surface area (Å²) in [5.41, 5.74) is 0. The van der Waals surface area contributed by atoms with E-state index in [-0.39, 0.29) is 30.6 Å². The maximum absolute atomic E-state index is 12.0. The van der Waals surface area contributed by atoms with Crippen molar-refractivity contribution in [2.24, 2.45) is 10.9 Å². The lowest BCUT2D eigenvalue weighted by atomic mass is 10.2. The zero-order chi connectivity index (χ0) is 18.8. The van der Waals surface area contributed by atoms with Crippen LogP contribution in [0.4, 0.5) is 13.2 Å². The summed E-state index contributed by atoms with van der Waals surface area (Å²) >= 11 is 1.87. The molecule has 1 aromatic rings. The molecular weight excluding hydrogens is 490 g/mol. The number of rotatable bonds is 8. The number of halogens is 4. The van der Waals surface area contributed by atoms with Gasteiger partial charge in [0.05, 0.1) is 0 Å². The van der Waals surface area contributed by atoms with Gasteiger partial charge in [-0.15, -0.1) is 35.7 Å². The molecule has 1 unspecified atom stereocenters. The average molecular weight is 517 g/mol. The molecule has 9 heteroatoms. The summed E-state index contributed by atoms with van der Waals surface area (Å²) in [5, 5.41) is 3.21. The van der Waals surface area contributed by atoms with Gasteiger partial charge in [-0.2, -0.15) is 13.2 Å². The number of benzene rings is 1. The van der Waals surface area contributed by atoms with Crippen molar-refractivity contribution < 1.29 is 17.9 Å². The van der Waals surface area contributed by atoms with Crippen LogP contribution in [-0.2, 0) is 4.74 Å². The molecule has 1 saturated heterocycles. The predicted octanol–water partition coefficient (Wildman–Crippen LogP) is 4.26. The summed E-state index contributed by atoms with van der Waals surface area (Å²) < 4.78 is 40.6. The van der Waals surface area contributed by atoms with Gasteiger partial charge in [-0.1, -0.05) is 18.2 Å². The van der Waals surface area contributed by atoms with Crippen molar-refractivity contribution in [3.8, 4) is 0 Å². The van der Waals surface area contributed by atoms with Gasteiger partial charge < -0.3 is 15.0 Å². The van der Waals surface area contributed by atoms with Crippen LogP contribution in [0.3, 0.4) is 0 Å². The molecule has 0 spiro atoms. The van der Waals surface area contributed by atoms with Gasteiger partial charge in [0, 0.05) is 43.9 Å². The van der Waals surface area contributed by atoms with E-state index in [0.717, 1.165) is 31.2 Å². The number of guanidine groups is 1. The third-order valence-corrected chi connectivity index (χ3v) is 5.28. The number of alkyl halides is 3. The van der Waals surface area contributed by atoms with Gasteiger partial charge in [-0.3, -0.25) is 4.99 Å². The molecule has 1 heterocycles. The van der Waals surface area contributed by atoms with Crippen LogP contribution in [0.2, 0.25) is 0 Å². The fraction of sp³-hybridized carbons (Fsp3) is 0.611. The first-order valence-electron chi connectivity index (χ1n) is 8.76. The van der Waals surface area contributed by atoms with Crippen molar-refractivity contribution in [3.63, 3.8) is 0 Å². The van der Waals surface area contributed by atoms with Gasteiger partial charge >= 0.3 is 6.18 Å². The minimum Gasteiger partial charge on any atom is -0.372 e. The van der Waals surface area contributed by atoms with Crippen LogP contribution in [-0.4, -0.2) is 62.7 Å². The molecule has 0 radical (unpaired) electrons. The highest BCUT2D eigenvalue weighted by Gasteiger charge is 2.27. The van der Waals surface area contributed by atoms with E-state index in [1.54, 1.807) is 7.05 Å². The largest absolute Gasteiger partial charge is 0.411 e. The van der Waals surface area contributed by atoms with E-state index in [1.807, 2.05) is 30.0 Å². The Bertz CT molecular complexity index is 561. The Morgan fingerprint density at radius 1 is 1.33 bits per heavy atom. The Hall–Kier alpha value is -0.680. The van der Waals surface area contributed by atoms with Crippen LogP contribution in [0.25, 0.3) is 0 Å². The summed E-state index contributed by atoms with van der Waals surface area (Å²) in [6, 6.07) is 10.4. The molecule has 1 fully saturated rings. The van der Waals surface area contributed by atoms with Crippen LogP contribution in [0, 0.1) is 5.92 Å². The van der Waals surface area contributed by atoms with Crippen LogP contribution in [0.5, 0.6) is 0 Å². The lowest BCUT2D eigenvalue weighted by molar-refractivity contribution is -0.173. The Morgan fingerprint density at radius 3 is 2.74 bits per heavy atom. The third kappa shape index (κ3) is 9.89. The first-order valence-corrected chi connectivity index (χ1v) is 9.74. The van der Waals surface area contributed by atoms with Gasteiger partial charge in [0.25, 0.3) is 0 Å². The van der Waals surface area contributed by atoms with Gasteiger partial charge in [0.15, 0.2) is 5.96 Å². The van der Waals surface area contributed by atoms with Crippen molar-refractivity contribution in [3.05, 3.63) is 30.3 Å². The molecule has 0 aromatic heterocycles. The maximum atomic E-state index is 12.0. The van der Waals surface area contributed by atoms with E-state index in [1.165, 1.54) is 4.90 Å². The molecule has 2 rings (SSSR count). The highest BCUT2D eigenvalue weighted by Crippen LogP contribution is 2.25. The fourth-order valence-electron chi connectivity index (χ4n) is 2.79. The Morgan fingerprint density at radius 2 is 2.07 bits per heavy atom. The molecule has 0 saturated carbocycles. The molecule has 1 aliphatic rings. The summed E-state index contributed by atoms with van der Waals surface area (Å²) in [5.74, 6) is 2.49. The van der Waals surface area contributed by atoms with E-state index in [0.29, 0.717) is 18.9 Å². The van der Waals surface area contributed by atoms with Crippen molar-refractivity contribution in [2.45, 2.75) is 23.9 Å². The minimum absolute atomic E-state index is 0. The van der Waals surface area contributed by atoms with Crippen LogP contribution in [0.1, 0.15) is 12.8 Å². The highest BCUT2D eigenvalue weighted by molar-refractivity contribution is 14.0. The second kappa shape index (κ2) is 12.7. The number of nitrogens with one attached hydrogen (secondary N) is 1. The Balaban J connectivity index is 0.00000364. The summed E-state index contributed by atoms with van der Waals surface area (Å²) in [6.07, 6.45) is -2.63. The summed E-state index contributed by atoms with van der Waals surface area (Å²) in [4.78, 5) is 7.78. The normalized spacial score (nSPS) is 17.7. The highest BCUT2D eigenvalue weighted by atomic mass is 127. The van der Waals surface area contributed by atoms with Gasteiger partial charge in [0.1, 0.15) is 6.61 Å². The van der Waals surface area contributed by atoms with Crippen molar-refractivity contribution in [2.75, 3.05) is 45.6 Å². The molecule has 0 bridgehead atoms. The van der Waals surface area contributed by atoms with E-state index >= 15 is 0 Å². The Kier molecular flexibility index (Phi) is 11.5. The maximum Gasteiger partial charge on any atom is 0.411 e. The topological polar surface area (TPSA) is 36.9 Å². The lowest BCUT2D eigenvalue weighted by Crippen LogP contribution is -2.40. The smallest absolute Gasteiger partial charge is 0.372 e. The number of thioether (sulfide) groups is 1. The molecule has 1 N–H and O–H groups in total. The number of likely N-dealkylation sites (tertiary alicyclic amines) is 1. The van der Waals surface area contributed by atoms with Crippen molar-refractivity contribution in [1.29, 1.82) is 0 Å². The molecule has 1 aliphatic heterocycles. The number of ether oxygens (including phenoxy) is 1. The molecule has 1 aromatic carbocycles. The molecule has 0 amide bonds. The van der Waals surface area contributed by atoms with Crippen LogP contribution in [0.15, 0.2) is 40.2 Å². The standard InChI is InChI=1S/C18H26F3N3OS.HI/c1-22-17(23-9-5-11-25-14-18(19,20)21)24-10-8-15(12-24)13-26-16-6-3-2-4-7-16;/h2-4,6-7,15H,5,8-14H2,1H3,(H,22,23);1H. The molecule has 1 atom stereocenters. The van der Waals surface area contributed by atoms with Gasteiger partial charge in [-0.05, 0) is 30.9 Å².